The van der Waals surface area contributed by atoms with E-state index in [1.54, 1.807) is 11.3 Å². The molecule has 178 valence electrons. The Hall–Kier alpha value is -3.45. The van der Waals surface area contributed by atoms with Crippen LogP contribution in [0.25, 0.3) is 21.3 Å². The van der Waals surface area contributed by atoms with Gasteiger partial charge >= 0.3 is 0 Å². The van der Waals surface area contributed by atoms with E-state index in [0.29, 0.717) is 19.0 Å². The van der Waals surface area contributed by atoms with Gasteiger partial charge in [0.05, 0.1) is 23.0 Å². The standard InChI is InChI=1S/C28H29N5OS/c1-2-16-32-27(34)25-20-12-6-9-15-23(20)35-26(25)31-28(32)29-17-24-30-21-13-7-8-14-22(21)33(24)18-19-10-4-3-5-11-19/h3-5,7-8,10-11,13-14H,2,6,9,12,15-18H2,1H3,(H,29,31). The van der Waals surface area contributed by atoms with Gasteiger partial charge in [0, 0.05) is 18.0 Å². The number of hydrogen-bond donors (Lipinski definition) is 1. The Kier molecular flexibility index (Phi) is 5.86. The zero-order valence-corrected chi connectivity index (χ0v) is 20.8. The molecular weight excluding hydrogens is 454 g/mol. The first-order valence-corrected chi connectivity index (χ1v) is 13.3. The molecule has 7 heteroatoms. The van der Waals surface area contributed by atoms with Crippen molar-refractivity contribution in [3.8, 4) is 0 Å². The van der Waals surface area contributed by atoms with E-state index < -0.39 is 0 Å². The Balaban J connectivity index is 1.39. The maximum Gasteiger partial charge on any atom is 0.263 e. The summed E-state index contributed by atoms with van der Waals surface area (Å²) in [4.78, 5) is 25.7. The number of benzene rings is 2. The average molecular weight is 484 g/mol. The van der Waals surface area contributed by atoms with Crippen molar-refractivity contribution >= 4 is 38.5 Å². The van der Waals surface area contributed by atoms with E-state index in [0.717, 1.165) is 59.3 Å². The van der Waals surface area contributed by atoms with Crippen molar-refractivity contribution in [2.24, 2.45) is 0 Å². The van der Waals surface area contributed by atoms with Crippen LogP contribution in [0.15, 0.2) is 59.4 Å². The van der Waals surface area contributed by atoms with Crippen molar-refractivity contribution < 1.29 is 0 Å². The summed E-state index contributed by atoms with van der Waals surface area (Å²) < 4.78 is 4.08. The van der Waals surface area contributed by atoms with Gasteiger partial charge in [0.2, 0.25) is 5.95 Å². The Bertz CT molecular complexity index is 1560. The fourth-order valence-electron chi connectivity index (χ4n) is 5.17. The molecule has 0 radical (unpaired) electrons. The van der Waals surface area contributed by atoms with E-state index in [1.807, 2.05) is 22.8 Å². The number of anilines is 1. The van der Waals surface area contributed by atoms with Crippen molar-refractivity contribution in [3.05, 3.63) is 86.8 Å². The number of nitrogens with zero attached hydrogens (tertiary/aromatic N) is 4. The molecule has 1 aliphatic rings. The van der Waals surface area contributed by atoms with Gasteiger partial charge in [-0.1, -0.05) is 49.4 Å². The topological polar surface area (TPSA) is 64.7 Å². The fraction of sp³-hybridized carbons (Fsp3) is 0.321. The first-order chi connectivity index (χ1) is 17.2. The van der Waals surface area contributed by atoms with Crippen LogP contribution in [-0.4, -0.2) is 19.1 Å². The highest BCUT2D eigenvalue weighted by molar-refractivity contribution is 7.18. The lowest BCUT2D eigenvalue weighted by molar-refractivity contribution is 0.648. The van der Waals surface area contributed by atoms with Crippen LogP contribution < -0.4 is 10.9 Å². The molecule has 0 spiro atoms. The number of imidazole rings is 1. The highest BCUT2D eigenvalue weighted by Crippen LogP contribution is 2.34. The molecule has 6 rings (SSSR count). The van der Waals surface area contributed by atoms with Crippen LogP contribution in [0.4, 0.5) is 5.95 Å². The number of nitrogens with one attached hydrogen (secondary N) is 1. The van der Waals surface area contributed by atoms with Gasteiger partial charge in [-0.2, -0.15) is 0 Å². The molecule has 35 heavy (non-hydrogen) atoms. The van der Waals surface area contributed by atoms with E-state index >= 15 is 0 Å². The third-order valence-corrected chi connectivity index (χ3v) is 8.03. The summed E-state index contributed by atoms with van der Waals surface area (Å²) >= 11 is 1.70. The van der Waals surface area contributed by atoms with Gasteiger partial charge in [-0.15, -0.1) is 11.3 Å². The summed E-state index contributed by atoms with van der Waals surface area (Å²) in [6.07, 6.45) is 5.29. The Morgan fingerprint density at radius 3 is 2.63 bits per heavy atom. The summed E-state index contributed by atoms with van der Waals surface area (Å²) in [6, 6.07) is 18.7. The molecule has 5 aromatic rings. The van der Waals surface area contributed by atoms with Crippen LogP contribution >= 0.6 is 11.3 Å². The second-order valence-electron chi connectivity index (χ2n) is 9.23. The Morgan fingerprint density at radius 1 is 0.971 bits per heavy atom. The van der Waals surface area contributed by atoms with Crippen LogP contribution in [0.2, 0.25) is 0 Å². The first kappa shape index (κ1) is 22.0. The predicted molar refractivity (Wildman–Crippen MR) is 143 cm³/mol. The van der Waals surface area contributed by atoms with Crippen molar-refractivity contribution in [1.82, 2.24) is 19.1 Å². The lowest BCUT2D eigenvalue weighted by Crippen LogP contribution is -2.26. The fourth-order valence-corrected chi connectivity index (χ4v) is 6.42. The highest BCUT2D eigenvalue weighted by Gasteiger charge is 2.22. The maximum absolute atomic E-state index is 13.6. The SMILES string of the molecule is CCCn1c(NCc2nc3ccccc3n2Cc2ccccc2)nc2sc3c(c2c1=O)CCCC3. The quantitative estimate of drug-likeness (QED) is 0.320. The maximum atomic E-state index is 13.6. The molecule has 6 nitrogen and oxygen atoms in total. The van der Waals surface area contributed by atoms with Crippen molar-refractivity contribution in [1.29, 1.82) is 0 Å². The minimum Gasteiger partial charge on any atom is -0.348 e. The molecule has 0 amide bonds. The van der Waals surface area contributed by atoms with Crippen molar-refractivity contribution in [3.63, 3.8) is 0 Å². The molecule has 0 aliphatic heterocycles. The number of para-hydroxylation sites is 2. The summed E-state index contributed by atoms with van der Waals surface area (Å²) in [6.45, 7) is 3.98. The van der Waals surface area contributed by atoms with Crippen molar-refractivity contribution in [2.45, 2.75) is 58.7 Å². The number of aryl methyl sites for hydroxylation is 2. The third kappa shape index (κ3) is 4.04. The Labute approximate surface area is 208 Å². The molecule has 3 aromatic heterocycles. The second-order valence-corrected chi connectivity index (χ2v) is 10.3. The molecule has 0 atom stereocenters. The summed E-state index contributed by atoms with van der Waals surface area (Å²) in [5.74, 6) is 1.57. The monoisotopic (exact) mass is 483 g/mol. The highest BCUT2D eigenvalue weighted by atomic mass is 32.1. The zero-order chi connectivity index (χ0) is 23.8. The van der Waals surface area contributed by atoms with Gasteiger partial charge in [0.25, 0.3) is 5.56 Å². The number of aromatic nitrogens is 4. The molecule has 0 saturated carbocycles. The summed E-state index contributed by atoms with van der Waals surface area (Å²) in [7, 11) is 0. The lowest BCUT2D eigenvalue weighted by Gasteiger charge is -2.15. The first-order valence-electron chi connectivity index (χ1n) is 12.5. The summed E-state index contributed by atoms with van der Waals surface area (Å²) in [5, 5.41) is 4.34. The van der Waals surface area contributed by atoms with E-state index in [1.165, 1.54) is 22.4 Å². The number of fused-ring (bicyclic) bond motifs is 4. The summed E-state index contributed by atoms with van der Waals surface area (Å²) in [5.41, 5.74) is 4.64. The molecule has 0 unspecified atom stereocenters. The largest absolute Gasteiger partial charge is 0.348 e. The van der Waals surface area contributed by atoms with Gasteiger partial charge in [-0.05, 0) is 55.4 Å². The van der Waals surface area contributed by atoms with Crippen molar-refractivity contribution in [2.75, 3.05) is 5.32 Å². The zero-order valence-electron chi connectivity index (χ0n) is 20.0. The molecule has 3 heterocycles. The predicted octanol–water partition coefficient (Wildman–Crippen LogP) is 5.76. The van der Waals surface area contributed by atoms with Crippen LogP contribution in [0, 0.1) is 0 Å². The third-order valence-electron chi connectivity index (χ3n) is 6.84. The van der Waals surface area contributed by atoms with Gasteiger partial charge in [-0.25, -0.2) is 9.97 Å². The lowest BCUT2D eigenvalue weighted by atomic mass is 9.97. The second kappa shape index (κ2) is 9.30. The minimum absolute atomic E-state index is 0.0940. The van der Waals surface area contributed by atoms with Gasteiger partial charge in [-0.3, -0.25) is 9.36 Å². The number of thiophene rings is 1. The van der Waals surface area contributed by atoms with Crippen LogP contribution in [-0.2, 0) is 32.5 Å². The van der Waals surface area contributed by atoms with E-state index in [-0.39, 0.29) is 5.56 Å². The minimum atomic E-state index is 0.0940. The van der Waals surface area contributed by atoms with Crippen LogP contribution in [0.1, 0.15) is 48.0 Å². The normalized spacial score (nSPS) is 13.4. The van der Waals surface area contributed by atoms with Gasteiger partial charge < -0.3 is 9.88 Å². The van der Waals surface area contributed by atoms with E-state index in [2.05, 4.69) is 53.2 Å². The van der Waals surface area contributed by atoms with Crippen LogP contribution in [0.3, 0.4) is 0 Å². The molecule has 1 aliphatic carbocycles. The van der Waals surface area contributed by atoms with Gasteiger partial charge in [0.15, 0.2) is 0 Å². The average Bonchev–Trinajstić information content (AvgIpc) is 3.43. The van der Waals surface area contributed by atoms with E-state index in [4.69, 9.17) is 9.97 Å². The molecular formula is C28H29N5OS. The Morgan fingerprint density at radius 2 is 1.77 bits per heavy atom. The number of rotatable bonds is 7. The molecule has 0 saturated heterocycles. The van der Waals surface area contributed by atoms with E-state index in [9.17, 15) is 4.79 Å². The molecule has 0 fully saturated rings. The van der Waals surface area contributed by atoms with Crippen LogP contribution in [0.5, 0.6) is 0 Å². The smallest absolute Gasteiger partial charge is 0.263 e. The molecule has 2 aromatic carbocycles. The molecule has 1 N–H and O–H groups in total. The number of hydrogen-bond acceptors (Lipinski definition) is 5. The molecule has 0 bridgehead atoms. The van der Waals surface area contributed by atoms with Gasteiger partial charge in [0.1, 0.15) is 10.7 Å².